The van der Waals surface area contributed by atoms with E-state index in [9.17, 15) is 14.4 Å². The number of benzene rings is 1. The SMILES string of the molecule is COc1ccc(Br)c(C(=O)N2CCC(N3C(=O)CNC3=O)CC2)c1. The van der Waals surface area contributed by atoms with Crippen LogP contribution in [0.3, 0.4) is 0 Å². The lowest BCUT2D eigenvalue weighted by Gasteiger charge is -2.35. The average molecular weight is 396 g/mol. The van der Waals surface area contributed by atoms with Gasteiger partial charge in [0, 0.05) is 23.6 Å². The van der Waals surface area contributed by atoms with E-state index in [2.05, 4.69) is 21.2 Å². The van der Waals surface area contributed by atoms with Crippen molar-refractivity contribution in [2.75, 3.05) is 26.7 Å². The summed E-state index contributed by atoms with van der Waals surface area (Å²) in [6.07, 6.45) is 1.18. The first-order valence-electron chi connectivity index (χ1n) is 7.74. The number of ether oxygens (including phenoxy) is 1. The maximum Gasteiger partial charge on any atom is 0.324 e. The molecule has 2 fully saturated rings. The van der Waals surface area contributed by atoms with Gasteiger partial charge in [0.15, 0.2) is 0 Å². The van der Waals surface area contributed by atoms with Crippen LogP contribution in [0.4, 0.5) is 4.79 Å². The van der Waals surface area contributed by atoms with Crippen molar-refractivity contribution in [3.8, 4) is 5.75 Å². The number of methoxy groups -OCH3 is 1. The van der Waals surface area contributed by atoms with Crippen molar-refractivity contribution in [2.45, 2.75) is 18.9 Å². The van der Waals surface area contributed by atoms with Crippen LogP contribution in [-0.2, 0) is 4.79 Å². The summed E-state index contributed by atoms with van der Waals surface area (Å²) in [5.74, 6) is 0.340. The van der Waals surface area contributed by atoms with E-state index in [0.717, 1.165) is 0 Å². The normalized spacial score (nSPS) is 18.8. The number of amides is 4. The number of hydrogen-bond donors (Lipinski definition) is 1. The topological polar surface area (TPSA) is 79.0 Å². The van der Waals surface area contributed by atoms with Gasteiger partial charge in [-0.3, -0.25) is 14.5 Å². The van der Waals surface area contributed by atoms with E-state index in [4.69, 9.17) is 4.74 Å². The highest BCUT2D eigenvalue weighted by molar-refractivity contribution is 9.10. The minimum atomic E-state index is -0.333. The van der Waals surface area contributed by atoms with E-state index in [1.165, 1.54) is 4.90 Å². The zero-order valence-corrected chi connectivity index (χ0v) is 14.8. The number of urea groups is 1. The lowest BCUT2D eigenvalue weighted by molar-refractivity contribution is -0.127. The second kappa shape index (κ2) is 6.80. The molecule has 0 radical (unpaired) electrons. The first-order valence-corrected chi connectivity index (χ1v) is 8.53. The third-order valence-corrected chi connectivity index (χ3v) is 5.09. The van der Waals surface area contributed by atoms with Gasteiger partial charge < -0.3 is 15.0 Å². The number of imide groups is 1. The van der Waals surface area contributed by atoms with Crippen molar-refractivity contribution in [1.82, 2.24) is 15.1 Å². The molecule has 2 saturated heterocycles. The third kappa shape index (κ3) is 3.10. The zero-order chi connectivity index (χ0) is 17.3. The number of piperidine rings is 1. The van der Waals surface area contributed by atoms with Crippen LogP contribution >= 0.6 is 15.9 Å². The van der Waals surface area contributed by atoms with Crippen LogP contribution in [-0.4, -0.2) is 60.4 Å². The fourth-order valence-corrected chi connectivity index (χ4v) is 3.51. The molecule has 8 heteroatoms. The summed E-state index contributed by atoms with van der Waals surface area (Å²) < 4.78 is 5.89. The van der Waals surface area contributed by atoms with Crippen molar-refractivity contribution in [2.24, 2.45) is 0 Å². The molecule has 0 bridgehead atoms. The van der Waals surface area contributed by atoms with Crippen LogP contribution in [0.25, 0.3) is 0 Å². The van der Waals surface area contributed by atoms with Gasteiger partial charge in [0.1, 0.15) is 5.75 Å². The molecule has 2 aliphatic rings. The average Bonchev–Trinajstić information content (AvgIpc) is 2.93. The molecule has 2 heterocycles. The molecule has 1 aromatic carbocycles. The number of carbonyl (C=O) groups is 3. The molecule has 3 rings (SSSR count). The van der Waals surface area contributed by atoms with Gasteiger partial charge in [-0.05, 0) is 47.0 Å². The van der Waals surface area contributed by atoms with Crippen molar-refractivity contribution in [3.63, 3.8) is 0 Å². The van der Waals surface area contributed by atoms with Crippen LogP contribution < -0.4 is 10.1 Å². The molecule has 128 valence electrons. The zero-order valence-electron chi connectivity index (χ0n) is 13.3. The number of nitrogens with one attached hydrogen (secondary N) is 1. The highest BCUT2D eigenvalue weighted by Crippen LogP contribution is 2.26. The van der Waals surface area contributed by atoms with E-state index in [-0.39, 0.29) is 30.4 Å². The van der Waals surface area contributed by atoms with Gasteiger partial charge in [-0.1, -0.05) is 0 Å². The quantitative estimate of drug-likeness (QED) is 0.788. The van der Waals surface area contributed by atoms with E-state index in [1.807, 2.05) is 0 Å². The Morgan fingerprint density at radius 1 is 1.29 bits per heavy atom. The molecule has 1 N–H and O–H groups in total. The van der Waals surface area contributed by atoms with Crippen molar-refractivity contribution >= 4 is 33.8 Å². The second-order valence-corrected chi connectivity index (χ2v) is 6.65. The maximum atomic E-state index is 12.7. The van der Waals surface area contributed by atoms with Crippen molar-refractivity contribution in [1.29, 1.82) is 0 Å². The molecular weight excluding hydrogens is 378 g/mol. The summed E-state index contributed by atoms with van der Waals surface area (Å²) >= 11 is 3.40. The van der Waals surface area contributed by atoms with Crippen LogP contribution in [0.1, 0.15) is 23.2 Å². The van der Waals surface area contributed by atoms with Gasteiger partial charge in [0.2, 0.25) is 5.91 Å². The smallest absolute Gasteiger partial charge is 0.324 e. The van der Waals surface area contributed by atoms with Crippen LogP contribution in [0.2, 0.25) is 0 Å². The molecule has 0 aliphatic carbocycles. The number of halogens is 1. The predicted octanol–water partition coefficient (Wildman–Crippen LogP) is 1.61. The summed E-state index contributed by atoms with van der Waals surface area (Å²) in [6.45, 7) is 1.07. The van der Waals surface area contributed by atoms with Gasteiger partial charge >= 0.3 is 6.03 Å². The Kier molecular flexibility index (Phi) is 4.75. The monoisotopic (exact) mass is 395 g/mol. The highest BCUT2D eigenvalue weighted by atomic mass is 79.9. The summed E-state index contributed by atoms with van der Waals surface area (Å²) in [5.41, 5.74) is 0.544. The van der Waals surface area contributed by atoms with Gasteiger partial charge in [-0.25, -0.2) is 4.79 Å². The van der Waals surface area contributed by atoms with E-state index < -0.39 is 0 Å². The van der Waals surface area contributed by atoms with E-state index >= 15 is 0 Å². The molecule has 7 nitrogen and oxygen atoms in total. The highest BCUT2D eigenvalue weighted by Gasteiger charge is 2.37. The fraction of sp³-hybridized carbons (Fsp3) is 0.438. The Bertz CT molecular complexity index is 670. The van der Waals surface area contributed by atoms with Crippen LogP contribution in [0.15, 0.2) is 22.7 Å². The predicted molar refractivity (Wildman–Crippen MR) is 89.9 cm³/mol. The first kappa shape index (κ1) is 16.8. The third-order valence-electron chi connectivity index (χ3n) is 4.40. The first-order chi connectivity index (χ1) is 11.5. The minimum absolute atomic E-state index is 0.0642. The van der Waals surface area contributed by atoms with Crippen molar-refractivity contribution < 1.29 is 19.1 Å². The van der Waals surface area contributed by atoms with Crippen LogP contribution in [0, 0.1) is 0 Å². The standard InChI is InChI=1S/C16H18BrN3O4/c1-24-11-2-3-13(17)12(8-11)15(22)19-6-4-10(5-7-19)20-14(21)9-18-16(20)23/h2-3,8,10H,4-7,9H2,1H3,(H,18,23). The Labute approximate surface area is 148 Å². The molecule has 0 unspecified atom stereocenters. The Hall–Kier alpha value is -2.09. The van der Waals surface area contributed by atoms with Crippen molar-refractivity contribution in [3.05, 3.63) is 28.2 Å². The number of likely N-dealkylation sites (tertiary alicyclic amines) is 1. The Morgan fingerprint density at radius 3 is 2.58 bits per heavy atom. The molecule has 4 amide bonds. The Balaban J connectivity index is 1.67. The second-order valence-electron chi connectivity index (χ2n) is 5.79. The van der Waals surface area contributed by atoms with Crippen LogP contribution in [0.5, 0.6) is 5.75 Å². The maximum absolute atomic E-state index is 12.7. The number of nitrogens with zero attached hydrogens (tertiary/aromatic N) is 2. The molecular formula is C16H18BrN3O4. The van der Waals surface area contributed by atoms with E-state index in [1.54, 1.807) is 30.2 Å². The van der Waals surface area contributed by atoms with Gasteiger partial charge in [-0.15, -0.1) is 0 Å². The largest absolute Gasteiger partial charge is 0.497 e. The summed E-state index contributed by atoms with van der Waals surface area (Å²) in [6, 6.07) is 4.80. The van der Waals surface area contributed by atoms with E-state index in [0.29, 0.717) is 41.7 Å². The summed E-state index contributed by atoms with van der Waals surface area (Å²) in [7, 11) is 1.56. The van der Waals surface area contributed by atoms with Gasteiger partial charge in [-0.2, -0.15) is 0 Å². The number of carbonyl (C=O) groups excluding carboxylic acids is 3. The Morgan fingerprint density at radius 2 is 2.00 bits per heavy atom. The molecule has 0 aromatic heterocycles. The molecule has 24 heavy (non-hydrogen) atoms. The van der Waals surface area contributed by atoms with Gasteiger partial charge in [0.05, 0.1) is 19.2 Å². The van der Waals surface area contributed by atoms with Gasteiger partial charge in [0.25, 0.3) is 5.91 Å². The molecule has 0 atom stereocenters. The molecule has 0 spiro atoms. The fourth-order valence-electron chi connectivity index (χ4n) is 3.10. The molecule has 2 aliphatic heterocycles. The lowest BCUT2D eigenvalue weighted by Crippen LogP contribution is -2.49. The minimum Gasteiger partial charge on any atom is -0.497 e. The summed E-state index contributed by atoms with van der Waals surface area (Å²) in [5, 5.41) is 2.53. The lowest BCUT2D eigenvalue weighted by atomic mass is 10.0. The number of hydrogen-bond acceptors (Lipinski definition) is 4. The molecule has 1 aromatic rings. The summed E-state index contributed by atoms with van der Waals surface area (Å²) in [4.78, 5) is 39.3. The molecule has 0 saturated carbocycles. The number of rotatable bonds is 3.